The maximum atomic E-state index is 10.8. The molecule has 11 heavy (non-hydrogen) atoms. The van der Waals surface area contributed by atoms with Crippen molar-refractivity contribution in [1.29, 1.82) is 0 Å². The molecule has 0 aromatic heterocycles. The van der Waals surface area contributed by atoms with Crippen LogP contribution in [0.4, 0.5) is 0 Å². The van der Waals surface area contributed by atoms with Gasteiger partial charge >= 0.3 is 5.97 Å². The highest BCUT2D eigenvalue weighted by Gasteiger charge is 2.17. The zero-order chi connectivity index (χ0) is 8.69. The number of rotatable bonds is 5. The summed E-state index contributed by atoms with van der Waals surface area (Å²) in [6, 6.07) is 0. The summed E-state index contributed by atoms with van der Waals surface area (Å²) in [7, 11) is 2.66. The molecule has 66 valence electrons. The van der Waals surface area contributed by atoms with Crippen LogP contribution in [-0.4, -0.2) is 44.8 Å². The lowest BCUT2D eigenvalue weighted by molar-refractivity contribution is -0.184. The van der Waals surface area contributed by atoms with Crippen LogP contribution in [0.1, 0.15) is 0 Å². The molecule has 0 atom stereocenters. The molecule has 0 aliphatic carbocycles. The van der Waals surface area contributed by atoms with E-state index in [2.05, 4.69) is 14.2 Å². The summed E-state index contributed by atoms with van der Waals surface area (Å²) in [6.45, 7) is -0.242. The Kier molecular flexibility index (Phi) is 5.73. The molecular weight excluding hydrogens is 152 g/mol. The van der Waals surface area contributed by atoms with Gasteiger partial charge in [0.2, 0.25) is 0 Å². The summed E-state index contributed by atoms with van der Waals surface area (Å²) >= 11 is 0. The molecule has 0 amide bonds. The summed E-state index contributed by atoms with van der Waals surface area (Å²) in [6.07, 6.45) is -0.999. The number of ether oxygens (including phenoxy) is 3. The SMILES string of the molecule is COC(OC)C(=O)OCCO. The molecule has 5 heteroatoms. The van der Waals surface area contributed by atoms with Crippen LogP contribution in [0.5, 0.6) is 0 Å². The van der Waals surface area contributed by atoms with Crippen LogP contribution in [0.15, 0.2) is 0 Å². The van der Waals surface area contributed by atoms with Gasteiger partial charge in [-0.1, -0.05) is 0 Å². The Balaban J connectivity index is 3.61. The lowest BCUT2D eigenvalue weighted by atomic mass is 10.6. The number of methoxy groups -OCH3 is 2. The van der Waals surface area contributed by atoms with Gasteiger partial charge in [0.05, 0.1) is 6.61 Å². The Morgan fingerprint density at radius 1 is 1.45 bits per heavy atom. The van der Waals surface area contributed by atoms with Crippen molar-refractivity contribution in [3.05, 3.63) is 0 Å². The number of carbonyl (C=O) groups is 1. The van der Waals surface area contributed by atoms with E-state index >= 15 is 0 Å². The second-order valence-electron chi connectivity index (χ2n) is 1.69. The molecule has 0 fully saturated rings. The molecule has 0 aromatic rings. The van der Waals surface area contributed by atoms with E-state index in [1.54, 1.807) is 0 Å². The molecule has 0 aliphatic heterocycles. The Bertz CT molecular complexity index is 110. The van der Waals surface area contributed by atoms with Crippen LogP contribution in [0.2, 0.25) is 0 Å². The standard InChI is InChI=1S/C6H12O5/c1-9-6(10-2)5(8)11-4-3-7/h6-7H,3-4H2,1-2H3. The van der Waals surface area contributed by atoms with Crippen LogP contribution in [0.3, 0.4) is 0 Å². The largest absolute Gasteiger partial charge is 0.459 e. The third kappa shape index (κ3) is 3.92. The summed E-state index contributed by atoms with van der Waals surface area (Å²) in [4.78, 5) is 10.8. The van der Waals surface area contributed by atoms with Crippen LogP contribution in [-0.2, 0) is 19.0 Å². The van der Waals surface area contributed by atoms with Gasteiger partial charge < -0.3 is 19.3 Å². The van der Waals surface area contributed by atoms with E-state index in [0.717, 1.165) is 0 Å². The topological polar surface area (TPSA) is 65.0 Å². The molecule has 1 N–H and O–H groups in total. The second-order valence-corrected chi connectivity index (χ2v) is 1.69. The Labute approximate surface area is 64.9 Å². The number of aliphatic hydroxyl groups is 1. The van der Waals surface area contributed by atoms with E-state index in [0.29, 0.717) is 0 Å². The highest BCUT2D eigenvalue weighted by Crippen LogP contribution is 1.93. The van der Waals surface area contributed by atoms with Gasteiger partial charge in [-0.2, -0.15) is 0 Å². The van der Waals surface area contributed by atoms with Gasteiger partial charge in [-0.3, -0.25) is 0 Å². The minimum Gasteiger partial charge on any atom is -0.459 e. The molecule has 0 saturated heterocycles. The maximum absolute atomic E-state index is 10.8. The summed E-state index contributed by atoms with van der Waals surface area (Å²) < 4.78 is 13.7. The van der Waals surface area contributed by atoms with E-state index in [4.69, 9.17) is 5.11 Å². The van der Waals surface area contributed by atoms with Crippen molar-refractivity contribution in [3.63, 3.8) is 0 Å². The number of esters is 1. The minimum atomic E-state index is -0.999. The van der Waals surface area contributed by atoms with Crippen LogP contribution < -0.4 is 0 Å². The summed E-state index contributed by atoms with van der Waals surface area (Å²) in [5.41, 5.74) is 0. The van der Waals surface area contributed by atoms with Crippen molar-refractivity contribution in [2.24, 2.45) is 0 Å². The number of carbonyl (C=O) groups excluding carboxylic acids is 1. The van der Waals surface area contributed by atoms with Crippen molar-refractivity contribution in [3.8, 4) is 0 Å². The van der Waals surface area contributed by atoms with E-state index in [1.807, 2.05) is 0 Å². The van der Waals surface area contributed by atoms with Gasteiger partial charge in [-0.25, -0.2) is 4.79 Å². The molecule has 0 saturated carbocycles. The predicted molar refractivity (Wildman–Crippen MR) is 35.9 cm³/mol. The fourth-order valence-corrected chi connectivity index (χ4v) is 0.503. The highest BCUT2D eigenvalue weighted by atomic mass is 16.7. The minimum absolute atomic E-state index is 0.0396. The molecule has 0 unspecified atom stereocenters. The van der Waals surface area contributed by atoms with Crippen LogP contribution in [0.25, 0.3) is 0 Å². The average molecular weight is 164 g/mol. The number of hydrogen-bond donors (Lipinski definition) is 1. The van der Waals surface area contributed by atoms with Gasteiger partial charge in [-0.15, -0.1) is 0 Å². The first-order valence-corrected chi connectivity index (χ1v) is 3.09. The summed E-state index contributed by atoms with van der Waals surface area (Å²) in [5.74, 6) is -0.635. The molecule has 0 heterocycles. The van der Waals surface area contributed by atoms with Gasteiger partial charge in [0.25, 0.3) is 6.29 Å². The second kappa shape index (κ2) is 6.09. The monoisotopic (exact) mass is 164 g/mol. The Morgan fingerprint density at radius 3 is 2.36 bits per heavy atom. The fraction of sp³-hybridized carbons (Fsp3) is 0.833. The first kappa shape index (κ1) is 10.3. The van der Waals surface area contributed by atoms with Crippen molar-refractivity contribution in [2.75, 3.05) is 27.4 Å². The highest BCUT2D eigenvalue weighted by molar-refractivity contribution is 5.73. The van der Waals surface area contributed by atoms with Gasteiger partial charge in [0.15, 0.2) is 0 Å². The zero-order valence-electron chi connectivity index (χ0n) is 6.57. The first-order valence-electron chi connectivity index (χ1n) is 3.09. The fourth-order valence-electron chi connectivity index (χ4n) is 0.503. The van der Waals surface area contributed by atoms with Gasteiger partial charge in [0, 0.05) is 14.2 Å². The third-order valence-electron chi connectivity index (χ3n) is 0.956. The van der Waals surface area contributed by atoms with Gasteiger partial charge in [0.1, 0.15) is 6.61 Å². The predicted octanol–water partition coefficient (Wildman–Crippen LogP) is -0.859. The molecule has 0 aliphatic rings. The average Bonchev–Trinajstić information content (AvgIpc) is 2.03. The van der Waals surface area contributed by atoms with E-state index < -0.39 is 12.3 Å². The van der Waals surface area contributed by atoms with Crippen molar-refractivity contribution < 1.29 is 24.1 Å². The van der Waals surface area contributed by atoms with E-state index in [9.17, 15) is 4.79 Å². The summed E-state index contributed by atoms with van der Waals surface area (Å²) in [5, 5.41) is 8.28. The van der Waals surface area contributed by atoms with E-state index in [-0.39, 0.29) is 13.2 Å². The van der Waals surface area contributed by atoms with Crippen molar-refractivity contribution in [2.45, 2.75) is 6.29 Å². The Morgan fingerprint density at radius 2 is 2.00 bits per heavy atom. The van der Waals surface area contributed by atoms with Gasteiger partial charge in [-0.05, 0) is 0 Å². The molecule has 0 radical (unpaired) electrons. The smallest absolute Gasteiger partial charge is 0.363 e. The lowest BCUT2D eigenvalue weighted by Crippen LogP contribution is -2.27. The third-order valence-corrected chi connectivity index (χ3v) is 0.956. The zero-order valence-corrected chi connectivity index (χ0v) is 6.57. The molecule has 0 rings (SSSR count). The van der Waals surface area contributed by atoms with Crippen LogP contribution >= 0.6 is 0 Å². The molecule has 0 bridgehead atoms. The molecule has 0 spiro atoms. The van der Waals surface area contributed by atoms with Crippen molar-refractivity contribution >= 4 is 5.97 Å². The lowest BCUT2D eigenvalue weighted by Gasteiger charge is -2.11. The first-order chi connectivity index (χ1) is 5.26. The number of aliphatic hydroxyl groups excluding tert-OH is 1. The quantitative estimate of drug-likeness (QED) is 0.423. The molecular formula is C6H12O5. The maximum Gasteiger partial charge on any atom is 0.363 e. The molecule has 5 nitrogen and oxygen atoms in total. The normalized spacial score (nSPS) is 10.2. The molecule has 0 aromatic carbocycles. The van der Waals surface area contributed by atoms with Crippen molar-refractivity contribution in [1.82, 2.24) is 0 Å². The van der Waals surface area contributed by atoms with E-state index in [1.165, 1.54) is 14.2 Å². The Hall–Kier alpha value is -0.650. The number of hydrogen-bond acceptors (Lipinski definition) is 5. The van der Waals surface area contributed by atoms with Crippen LogP contribution in [0, 0.1) is 0 Å².